The number of morpholine rings is 1. The molecule has 3 rings (SSSR count). The van der Waals surface area contributed by atoms with Crippen molar-refractivity contribution in [2.45, 2.75) is 19.1 Å². The molecule has 0 saturated carbocycles. The summed E-state index contributed by atoms with van der Waals surface area (Å²) >= 11 is 0. The van der Waals surface area contributed by atoms with Crippen LogP contribution in [0.1, 0.15) is 11.1 Å². The quantitative estimate of drug-likeness (QED) is 0.727. The zero-order valence-electron chi connectivity index (χ0n) is 10.9. The van der Waals surface area contributed by atoms with E-state index in [1.807, 2.05) is 6.07 Å². The highest BCUT2D eigenvalue weighted by Gasteiger charge is 2.17. The number of hydrogen-bond acceptors (Lipinski definition) is 4. The number of ether oxygens (including phenoxy) is 1. The van der Waals surface area contributed by atoms with Crippen molar-refractivity contribution >= 4 is 11.6 Å². The van der Waals surface area contributed by atoms with Crippen LogP contribution in [0.3, 0.4) is 0 Å². The Hall–Kier alpha value is -1.43. The fraction of sp³-hybridized carbons (Fsp3) is 0.500. The van der Waals surface area contributed by atoms with Gasteiger partial charge < -0.3 is 20.7 Å². The highest BCUT2D eigenvalue weighted by molar-refractivity contribution is 5.99. The van der Waals surface area contributed by atoms with Crippen molar-refractivity contribution in [2.75, 3.05) is 31.6 Å². The Labute approximate surface area is 112 Å². The van der Waals surface area contributed by atoms with E-state index in [0.29, 0.717) is 6.42 Å². The molecule has 1 aromatic rings. The van der Waals surface area contributed by atoms with Crippen molar-refractivity contribution in [1.82, 2.24) is 10.6 Å². The fourth-order valence-corrected chi connectivity index (χ4v) is 2.52. The molecule has 0 bridgehead atoms. The molecular formula is C14H19N3O2. The number of carbonyl (C=O) groups is 1. The van der Waals surface area contributed by atoms with Crippen LogP contribution in [0.25, 0.3) is 0 Å². The molecule has 19 heavy (non-hydrogen) atoms. The van der Waals surface area contributed by atoms with E-state index in [1.54, 1.807) is 0 Å². The summed E-state index contributed by atoms with van der Waals surface area (Å²) in [5.41, 5.74) is 3.26. The lowest BCUT2D eigenvalue weighted by molar-refractivity contribution is -0.115. The normalized spacial score (nSPS) is 22.1. The summed E-state index contributed by atoms with van der Waals surface area (Å²) in [6, 6.07) is 6.13. The van der Waals surface area contributed by atoms with Gasteiger partial charge in [-0.3, -0.25) is 4.79 Å². The van der Waals surface area contributed by atoms with Gasteiger partial charge in [-0.05, 0) is 17.2 Å². The maximum atomic E-state index is 11.3. The molecule has 2 aliphatic heterocycles. The maximum Gasteiger partial charge on any atom is 0.228 e. The molecule has 1 aromatic carbocycles. The number of amides is 1. The fourth-order valence-electron chi connectivity index (χ4n) is 2.52. The maximum absolute atomic E-state index is 11.3. The van der Waals surface area contributed by atoms with Crippen LogP contribution >= 0.6 is 0 Å². The van der Waals surface area contributed by atoms with Gasteiger partial charge in [-0.15, -0.1) is 0 Å². The Morgan fingerprint density at radius 3 is 3.21 bits per heavy atom. The molecule has 0 aliphatic carbocycles. The molecule has 3 N–H and O–H groups in total. The van der Waals surface area contributed by atoms with Crippen LogP contribution in [-0.2, 0) is 22.5 Å². The second kappa shape index (κ2) is 5.69. The molecule has 1 fully saturated rings. The number of rotatable bonds is 4. The molecule has 2 aliphatic rings. The molecule has 1 saturated heterocycles. The van der Waals surface area contributed by atoms with Crippen molar-refractivity contribution in [1.29, 1.82) is 0 Å². The molecule has 1 unspecified atom stereocenters. The third-order valence-corrected chi connectivity index (χ3v) is 3.50. The Kier molecular flexibility index (Phi) is 3.77. The van der Waals surface area contributed by atoms with E-state index in [1.165, 1.54) is 5.56 Å². The lowest BCUT2D eigenvalue weighted by atomic mass is 10.1. The lowest BCUT2D eigenvalue weighted by Gasteiger charge is -2.23. The van der Waals surface area contributed by atoms with E-state index >= 15 is 0 Å². The molecular weight excluding hydrogens is 242 g/mol. The van der Waals surface area contributed by atoms with Crippen molar-refractivity contribution < 1.29 is 9.53 Å². The second-order valence-electron chi connectivity index (χ2n) is 5.04. The van der Waals surface area contributed by atoms with Gasteiger partial charge in [-0.2, -0.15) is 0 Å². The summed E-state index contributed by atoms with van der Waals surface area (Å²) in [5.74, 6) is 0.0850. The molecule has 5 heteroatoms. The lowest BCUT2D eigenvalue weighted by Crippen LogP contribution is -2.43. The zero-order valence-corrected chi connectivity index (χ0v) is 10.9. The van der Waals surface area contributed by atoms with Crippen molar-refractivity contribution in [3.63, 3.8) is 0 Å². The Balaban J connectivity index is 1.50. The summed E-state index contributed by atoms with van der Waals surface area (Å²) < 4.78 is 5.62. The van der Waals surface area contributed by atoms with Gasteiger partial charge in [0, 0.05) is 31.9 Å². The molecule has 5 nitrogen and oxygen atoms in total. The molecule has 102 valence electrons. The summed E-state index contributed by atoms with van der Waals surface area (Å²) in [6.07, 6.45) is 0.755. The average Bonchev–Trinajstić information content (AvgIpc) is 2.79. The summed E-state index contributed by atoms with van der Waals surface area (Å²) in [7, 11) is 0. The standard InChI is InChI=1S/C14H19N3O2/c18-14-6-11-5-10(1-2-13(11)17-14)7-16-9-12-8-15-3-4-19-12/h1-2,5,12,15-16H,3-4,6-9H2,(H,17,18). The average molecular weight is 261 g/mol. The number of benzene rings is 1. The van der Waals surface area contributed by atoms with Crippen LogP contribution in [-0.4, -0.2) is 38.3 Å². The molecule has 1 atom stereocenters. The van der Waals surface area contributed by atoms with Gasteiger partial charge in [0.25, 0.3) is 0 Å². The van der Waals surface area contributed by atoms with E-state index in [9.17, 15) is 4.79 Å². The molecule has 0 aromatic heterocycles. The van der Waals surface area contributed by atoms with Gasteiger partial charge in [-0.25, -0.2) is 0 Å². The SMILES string of the molecule is O=C1Cc2cc(CNCC3CNCCO3)ccc2N1. The molecule has 2 heterocycles. The molecule has 0 radical (unpaired) electrons. The van der Waals surface area contributed by atoms with Gasteiger partial charge in [0.1, 0.15) is 0 Å². The van der Waals surface area contributed by atoms with Crippen molar-refractivity contribution in [2.24, 2.45) is 0 Å². The van der Waals surface area contributed by atoms with Crippen LogP contribution in [0.2, 0.25) is 0 Å². The topological polar surface area (TPSA) is 62.4 Å². The van der Waals surface area contributed by atoms with E-state index in [4.69, 9.17) is 4.74 Å². The first kappa shape index (κ1) is 12.6. The minimum absolute atomic E-state index is 0.0850. The number of fused-ring (bicyclic) bond motifs is 1. The molecule has 1 amide bonds. The van der Waals surface area contributed by atoms with E-state index in [-0.39, 0.29) is 12.0 Å². The van der Waals surface area contributed by atoms with Crippen LogP contribution in [0.4, 0.5) is 5.69 Å². The van der Waals surface area contributed by atoms with Crippen molar-refractivity contribution in [3.8, 4) is 0 Å². The highest BCUT2D eigenvalue weighted by Crippen LogP contribution is 2.23. The van der Waals surface area contributed by atoms with Crippen LogP contribution in [0.15, 0.2) is 18.2 Å². The Bertz CT molecular complexity index is 470. The minimum atomic E-state index is 0.0850. The summed E-state index contributed by atoms with van der Waals surface area (Å²) in [4.78, 5) is 11.3. The predicted octanol–water partition coefficient (Wildman–Crippen LogP) is 0.259. The zero-order chi connectivity index (χ0) is 13.1. The number of carbonyl (C=O) groups excluding carboxylic acids is 1. The number of anilines is 1. The van der Waals surface area contributed by atoms with Gasteiger partial charge in [0.2, 0.25) is 5.91 Å². The van der Waals surface area contributed by atoms with E-state index in [0.717, 1.165) is 44.0 Å². The molecule has 0 spiro atoms. The van der Waals surface area contributed by atoms with E-state index in [2.05, 4.69) is 28.1 Å². The third-order valence-electron chi connectivity index (χ3n) is 3.50. The van der Waals surface area contributed by atoms with Gasteiger partial charge in [0.15, 0.2) is 0 Å². The summed E-state index contributed by atoms with van der Waals surface area (Å²) in [5, 5.41) is 9.56. The first-order valence-corrected chi connectivity index (χ1v) is 6.76. The monoisotopic (exact) mass is 261 g/mol. The van der Waals surface area contributed by atoms with Crippen LogP contribution in [0.5, 0.6) is 0 Å². The van der Waals surface area contributed by atoms with Gasteiger partial charge in [0.05, 0.1) is 19.1 Å². The first-order valence-electron chi connectivity index (χ1n) is 6.76. The van der Waals surface area contributed by atoms with Crippen LogP contribution < -0.4 is 16.0 Å². The van der Waals surface area contributed by atoms with Gasteiger partial charge in [-0.1, -0.05) is 12.1 Å². The summed E-state index contributed by atoms with van der Waals surface area (Å²) in [6.45, 7) is 4.31. The minimum Gasteiger partial charge on any atom is -0.374 e. The van der Waals surface area contributed by atoms with Crippen LogP contribution in [0, 0.1) is 0 Å². The Morgan fingerprint density at radius 1 is 1.42 bits per heavy atom. The predicted molar refractivity (Wildman–Crippen MR) is 73.1 cm³/mol. The first-order chi connectivity index (χ1) is 9.31. The van der Waals surface area contributed by atoms with Gasteiger partial charge >= 0.3 is 0 Å². The Morgan fingerprint density at radius 2 is 2.37 bits per heavy atom. The second-order valence-corrected chi connectivity index (χ2v) is 5.04. The smallest absolute Gasteiger partial charge is 0.228 e. The highest BCUT2D eigenvalue weighted by atomic mass is 16.5. The number of nitrogens with one attached hydrogen (secondary N) is 3. The van der Waals surface area contributed by atoms with Crippen molar-refractivity contribution in [3.05, 3.63) is 29.3 Å². The number of hydrogen-bond donors (Lipinski definition) is 3. The van der Waals surface area contributed by atoms with E-state index < -0.39 is 0 Å². The third kappa shape index (κ3) is 3.12. The largest absolute Gasteiger partial charge is 0.374 e.